The molecule has 0 aliphatic carbocycles. The summed E-state index contributed by atoms with van der Waals surface area (Å²) in [6.45, 7) is 6.84. The van der Waals surface area contributed by atoms with E-state index in [1.54, 1.807) is 0 Å². The molecule has 0 aliphatic heterocycles. The van der Waals surface area contributed by atoms with Crippen molar-refractivity contribution in [1.29, 1.82) is 0 Å². The van der Waals surface area contributed by atoms with Crippen molar-refractivity contribution in [3.63, 3.8) is 0 Å². The standard InChI is InChI=1S/C29H34O5/c1-28(2,3)34-27(30)23-32-20-19-31-21-22-33-29(24-13-7-4-8-14-24,25-15-9-5-10-16-25)26-17-11-6-12-18-26/h4-18H,19-23H2,1-3H3. The maximum atomic E-state index is 11.7. The Morgan fingerprint density at radius 1 is 0.618 bits per heavy atom. The van der Waals surface area contributed by atoms with Gasteiger partial charge in [-0.3, -0.25) is 0 Å². The zero-order valence-corrected chi connectivity index (χ0v) is 20.2. The van der Waals surface area contributed by atoms with Crippen molar-refractivity contribution in [1.82, 2.24) is 0 Å². The molecule has 0 fully saturated rings. The Balaban J connectivity index is 1.62. The van der Waals surface area contributed by atoms with Crippen molar-refractivity contribution in [3.8, 4) is 0 Å². The molecule has 0 spiro atoms. The van der Waals surface area contributed by atoms with Crippen LogP contribution < -0.4 is 0 Å². The lowest BCUT2D eigenvalue weighted by molar-refractivity contribution is -0.160. The molecule has 180 valence electrons. The van der Waals surface area contributed by atoms with Gasteiger partial charge in [0.05, 0.1) is 26.4 Å². The van der Waals surface area contributed by atoms with Crippen LogP contribution in [-0.4, -0.2) is 44.6 Å². The van der Waals surface area contributed by atoms with Crippen LogP contribution in [0.1, 0.15) is 37.5 Å². The average molecular weight is 463 g/mol. The first-order valence-corrected chi connectivity index (χ1v) is 11.6. The summed E-state index contributed by atoms with van der Waals surface area (Å²) < 4.78 is 22.9. The van der Waals surface area contributed by atoms with Crippen LogP contribution in [0.15, 0.2) is 91.0 Å². The monoisotopic (exact) mass is 462 g/mol. The highest BCUT2D eigenvalue weighted by atomic mass is 16.6. The Kier molecular flexibility index (Phi) is 9.40. The lowest BCUT2D eigenvalue weighted by atomic mass is 9.80. The van der Waals surface area contributed by atoms with Crippen LogP contribution in [0.2, 0.25) is 0 Å². The summed E-state index contributed by atoms with van der Waals surface area (Å²) in [5.41, 5.74) is 1.87. The lowest BCUT2D eigenvalue weighted by Gasteiger charge is -2.36. The van der Waals surface area contributed by atoms with E-state index in [1.165, 1.54) is 0 Å². The van der Waals surface area contributed by atoms with Gasteiger partial charge in [0, 0.05) is 0 Å². The Labute approximate surface area is 202 Å². The fourth-order valence-corrected chi connectivity index (χ4v) is 3.77. The van der Waals surface area contributed by atoms with Gasteiger partial charge >= 0.3 is 5.97 Å². The summed E-state index contributed by atoms with van der Waals surface area (Å²) in [7, 11) is 0. The minimum Gasteiger partial charge on any atom is -0.458 e. The van der Waals surface area contributed by atoms with Crippen molar-refractivity contribution in [3.05, 3.63) is 108 Å². The Morgan fingerprint density at radius 2 is 1.03 bits per heavy atom. The van der Waals surface area contributed by atoms with E-state index >= 15 is 0 Å². The lowest BCUT2D eigenvalue weighted by Crippen LogP contribution is -2.34. The summed E-state index contributed by atoms with van der Waals surface area (Å²) in [5, 5.41) is 0. The zero-order chi connectivity index (χ0) is 24.3. The van der Waals surface area contributed by atoms with Gasteiger partial charge < -0.3 is 18.9 Å². The van der Waals surface area contributed by atoms with Crippen LogP contribution in [0.25, 0.3) is 0 Å². The third-order valence-electron chi connectivity index (χ3n) is 5.10. The molecule has 3 rings (SSSR count). The molecule has 0 saturated carbocycles. The van der Waals surface area contributed by atoms with Gasteiger partial charge in [-0.25, -0.2) is 4.79 Å². The molecule has 3 aromatic carbocycles. The fraction of sp³-hybridized carbons (Fsp3) is 0.345. The Hall–Kier alpha value is -2.99. The van der Waals surface area contributed by atoms with Gasteiger partial charge in [0.15, 0.2) is 0 Å². The predicted octanol–water partition coefficient (Wildman–Crippen LogP) is 5.37. The van der Waals surface area contributed by atoms with Gasteiger partial charge in [-0.1, -0.05) is 91.0 Å². The van der Waals surface area contributed by atoms with Gasteiger partial charge in [0.2, 0.25) is 0 Å². The zero-order valence-electron chi connectivity index (χ0n) is 20.2. The highest BCUT2D eigenvalue weighted by Crippen LogP contribution is 2.40. The molecule has 0 atom stereocenters. The van der Waals surface area contributed by atoms with Crippen molar-refractivity contribution >= 4 is 5.97 Å². The van der Waals surface area contributed by atoms with Crippen molar-refractivity contribution in [2.45, 2.75) is 32.0 Å². The van der Waals surface area contributed by atoms with Gasteiger partial charge in [0.25, 0.3) is 0 Å². The van der Waals surface area contributed by atoms with Crippen LogP contribution in [0.4, 0.5) is 0 Å². The van der Waals surface area contributed by atoms with E-state index < -0.39 is 11.2 Å². The number of carbonyl (C=O) groups excluding carboxylic acids is 1. The quantitative estimate of drug-likeness (QED) is 0.206. The largest absolute Gasteiger partial charge is 0.458 e. The smallest absolute Gasteiger partial charge is 0.332 e. The maximum absolute atomic E-state index is 11.7. The van der Waals surface area contributed by atoms with Crippen LogP contribution in [0, 0.1) is 0 Å². The van der Waals surface area contributed by atoms with E-state index in [0.29, 0.717) is 26.4 Å². The predicted molar refractivity (Wildman–Crippen MR) is 133 cm³/mol. The molecule has 34 heavy (non-hydrogen) atoms. The normalized spacial score (nSPS) is 11.9. The summed E-state index contributed by atoms with van der Waals surface area (Å²) >= 11 is 0. The Morgan fingerprint density at radius 3 is 1.47 bits per heavy atom. The second kappa shape index (κ2) is 12.5. The van der Waals surface area contributed by atoms with E-state index in [0.717, 1.165) is 16.7 Å². The summed E-state index contributed by atoms with van der Waals surface area (Å²) in [6.07, 6.45) is 0. The molecule has 0 amide bonds. The first-order valence-electron chi connectivity index (χ1n) is 11.6. The second-order valence-electron chi connectivity index (χ2n) is 8.88. The van der Waals surface area contributed by atoms with E-state index in [4.69, 9.17) is 18.9 Å². The van der Waals surface area contributed by atoms with Crippen LogP contribution >= 0.6 is 0 Å². The van der Waals surface area contributed by atoms with Gasteiger partial charge in [-0.05, 0) is 37.5 Å². The molecule has 5 heteroatoms. The maximum Gasteiger partial charge on any atom is 0.332 e. The molecule has 0 aromatic heterocycles. The summed E-state index contributed by atoms with van der Waals surface area (Å²) in [4.78, 5) is 11.7. The Bertz CT molecular complexity index is 885. The topological polar surface area (TPSA) is 54.0 Å². The molecule has 5 nitrogen and oxygen atoms in total. The SMILES string of the molecule is CC(C)(C)OC(=O)COCCOCCOC(c1ccccc1)(c1ccccc1)c1ccccc1. The van der Waals surface area contributed by atoms with Crippen LogP contribution in [-0.2, 0) is 29.3 Å². The molecule has 0 aliphatic rings. The molecular weight excluding hydrogens is 428 g/mol. The van der Waals surface area contributed by atoms with E-state index in [2.05, 4.69) is 36.4 Å². The van der Waals surface area contributed by atoms with Crippen LogP contribution in [0.5, 0.6) is 0 Å². The molecule has 0 radical (unpaired) electrons. The molecular formula is C29H34O5. The summed E-state index contributed by atoms with van der Waals surface area (Å²) in [6, 6.07) is 30.7. The second-order valence-corrected chi connectivity index (χ2v) is 8.88. The molecule has 0 N–H and O–H groups in total. The first kappa shape index (κ1) is 25.6. The number of rotatable bonds is 12. The molecule has 0 saturated heterocycles. The molecule has 0 bridgehead atoms. The van der Waals surface area contributed by atoms with Crippen LogP contribution in [0.3, 0.4) is 0 Å². The minimum atomic E-state index is -0.764. The van der Waals surface area contributed by atoms with Gasteiger partial charge in [-0.2, -0.15) is 0 Å². The third-order valence-corrected chi connectivity index (χ3v) is 5.10. The number of ether oxygens (including phenoxy) is 4. The fourth-order valence-electron chi connectivity index (χ4n) is 3.77. The summed E-state index contributed by atoms with van der Waals surface area (Å²) in [5.74, 6) is -0.380. The van der Waals surface area contributed by atoms with Gasteiger partial charge in [0.1, 0.15) is 17.8 Å². The van der Waals surface area contributed by atoms with E-state index in [9.17, 15) is 4.79 Å². The highest BCUT2D eigenvalue weighted by Gasteiger charge is 2.37. The van der Waals surface area contributed by atoms with Crippen molar-refractivity contribution < 1.29 is 23.7 Å². The van der Waals surface area contributed by atoms with Gasteiger partial charge in [-0.15, -0.1) is 0 Å². The van der Waals surface area contributed by atoms with Crippen molar-refractivity contribution in [2.75, 3.05) is 33.0 Å². The number of esters is 1. The first-order chi connectivity index (χ1) is 16.4. The molecule has 0 unspecified atom stereocenters. The minimum absolute atomic E-state index is 0.0870. The molecule has 3 aromatic rings. The number of hydrogen-bond acceptors (Lipinski definition) is 5. The average Bonchev–Trinajstić information content (AvgIpc) is 2.84. The highest BCUT2D eigenvalue weighted by molar-refractivity contribution is 5.71. The number of benzene rings is 3. The number of carbonyl (C=O) groups is 1. The van der Waals surface area contributed by atoms with E-state index in [1.807, 2.05) is 75.4 Å². The molecule has 0 heterocycles. The van der Waals surface area contributed by atoms with Crippen molar-refractivity contribution in [2.24, 2.45) is 0 Å². The third kappa shape index (κ3) is 7.26. The number of hydrogen-bond donors (Lipinski definition) is 0. The van der Waals surface area contributed by atoms with E-state index in [-0.39, 0.29) is 12.6 Å².